The first-order valence-electron chi connectivity index (χ1n) is 9.22. The molecule has 0 unspecified atom stereocenters. The second-order valence-electron chi connectivity index (χ2n) is 6.04. The molecule has 2 aromatic rings. The van der Waals surface area contributed by atoms with E-state index in [1.54, 1.807) is 12.1 Å². The van der Waals surface area contributed by atoms with Crippen molar-refractivity contribution in [3.05, 3.63) is 36.5 Å². The lowest BCUT2D eigenvalue weighted by Gasteiger charge is -2.32. The van der Waals surface area contributed by atoms with Crippen LogP contribution < -0.4 is 5.46 Å². The molecule has 1 fully saturated rings. The molecule has 0 N–H and O–H groups in total. The summed E-state index contributed by atoms with van der Waals surface area (Å²) in [6.07, 6.45) is 0.761. The molecule has 0 bridgehead atoms. The Morgan fingerprint density at radius 3 is 2.57 bits per heavy atom. The molecule has 0 spiro atoms. The first kappa shape index (κ1) is 9.38. The molecule has 1 aliphatic heterocycles. The van der Waals surface area contributed by atoms with Crippen LogP contribution in [0.5, 0.6) is 0 Å². The van der Waals surface area contributed by atoms with Crippen LogP contribution in [0.25, 0.3) is 5.82 Å². The Morgan fingerprint density at radius 2 is 1.95 bits per heavy atom. The highest BCUT2D eigenvalue weighted by atomic mass is 16.7. The summed E-state index contributed by atoms with van der Waals surface area (Å²) in [6, 6.07) is 3.34. The molecule has 2 aromatic heterocycles. The second kappa shape index (κ2) is 4.68. The highest BCUT2D eigenvalue weighted by molar-refractivity contribution is 6.62. The molecule has 21 heavy (non-hydrogen) atoms. The van der Waals surface area contributed by atoms with Gasteiger partial charge in [0.15, 0.2) is 0 Å². The van der Waals surface area contributed by atoms with Crippen LogP contribution in [0, 0.1) is 6.85 Å². The highest BCUT2D eigenvalue weighted by Gasteiger charge is 2.51. The number of nitrogens with zero attached hydrogens (tertiary/aromatic N) is 3. The molecule has 0 aromatic carbocycles. The Balaban J connectivity index is 2.01. The van der Waals surface area contributed by atoms with Crippen LogP contribution in [0.1, 0.15) is 40.2 Å². The topological polar surface area (TPSA) is 49.2 Å². The van der Waals surface area contributed by atoms with Gasteiger partial charge >= 0.3 is 7.12 Å². The van der Waals surface area contributed by atoms with E-state index in [1.165, 1.54) is 6.20 Å². The number of imidazole rings is 1. The summed E-state index contributed by atoms with van der Waals surface area (Å²) in [6.45, 7) is 5.20. The minimum absolute atomic E-state index is 0.218. The van der Waals surface area contributed by atoms with E-state index in [1.807, 2.05) is 27.7 Å². The zero-order valence-electron chi connectivity index (χ0n) is 17.5. The normalized spacial score (nSPS) is 24.0. The van der Waals surface area contributed by atoms with E-state index >= 15 is 0 Å². The predicted molar refractivity (Wildman–Crippen MR) is 81.8 cm³/mol. The molecule has 0 radical (unpaired) electrons. The van der Waals surface area contributed by atoms with Gasteiger partial charge in [-0.2, -0.15) is 0 Å². The number of aromatic nitrogens is 3. The molecule has 0 amide bonds. The van der Waals surface area contributed by atoms with Gasteiger partial charge in [0.25, 0.3) is 0 Å². The smallest absolute Gasteiger partial charge is 0.399 e. The van der Waals surface area contributed by atoms with Crippen LogP contribution >= 0.6 is 0 Å². The van der Waals surface area contributed by atoms with E-state index in [9.17, 15) is 0 Å². The van der Waals surface area contributed by atoms with E-state index < -0.39 is 30.9 Å². The Hall–Kier alpha value is -1.66. The third-order valence-corrected chi connectivity index (χ3v) is 4.00. The van der Waals surface area contributed by atoms with Gasteiger partial charge in [-0.1, -0.05) is 0 Å². The lowest BCUT2D eigenvalue weighted by Crippen LogP contribution is -2.41. The number of hydrogen-bond donors (Lipinski definition) is 0. The zero-order valence-corrected chi connectivity index (χ0v) is 12.5. The quantitative estimate of drug-likeness (QED) is 0.792. The van der Waals surface area contributed by atoms with Gasteiger partial charge in [0, 0.05) is 16.5 Å². The van der Waals surface area contributed by atoms with Crippen molar-refractivity contribution in [2.75, 3.05) is 0 Å². The summed E-state index contributed by atoms with van der Waals surface area (Å²) < 4.78 is 51.4. The van der Waals surface area contributed by atoms with Gasteiger partial charge in [-0.15, -0.1) is 0 Å². The summed E-state index contributed by atoms with van der Waals surface area (Å²) in [5.41, 5.74) is -0.779. The molecule has 0 atom stereocenters. The largest absolute Gasteiger partial charge is 0.495 e. The van der Waals surface area contributed by atoms with Crippen LogP contribution in [-0.4, -0.2) is 32.9 Å². The van der Waals surface area contributed by atoms with Crippen LogP contribution in [0.15, 0.2) is 30.8 Å². The molecule has 6 heteroatoms. The van der Waals surface area contributed by atoms with Gasteiger partial charge < -0.3 is 9.31 Å². The first-order valence-corrected chi connectivity index (χ1v) is 6.72. The van der Waals surface area contributed by atoms with Crippen LogP contribution in [0.3, 0.4) is 0 Å². The van der Waals surface area contributed by atoms with Gasteiger partial charge in [-0.3, -0.25) is 4.57 Å². The highest BCUT2D eigenvalue weighted by Crippen LogP contribution is 2.36. The molecule has 5 nitrogen and oxygen atoms in total. The number of hydrogen-bond acceptors (Lipinski definition) is 4. The number of pyridine rings is 1. The molecule has 0 aliphatic carbocycles. The van der Waals surface area contributed by atoms with E-state index in [0.717, 1.165) is 4.57 Å². The Kier molecular flexibility index (Phi) is 2.09. The molecule has 3 heterocycles. The van der Waals surface area contributed by atoms with Crippen LogP contribution in [-0.2, 0) is 9.31 Å². The van der Waals surface area contributed by atoms with Crippen molar-refractivity contribution in [3.8, 4) is 5.82 Å². The van der Waals surface area contributed by atoms with Gasteiger partial charge in [0.05, 0.1) is 18.3 Å². The Morgan fingerprint density at radius 1 is 1.24 bits per heavy atom. The van der Waals surface area contributed by atoms with E-state index in [-0.39, 0.29) is 18.3 Å². The molecule has 0 saturated carbocycles. The average molecular weight is 290 g/mol. The summed E-state index contributed by atoms with van der Waals surface area (Å²) in [4.78, 5) is 7.87. The average Bonchev–Trinajstić information content (AvgIpc) is 2.92. The molecule has 3 rings (SSSR count). The van der Waals surface area contributed by atoms with Crippen LogP contribution in [0.4, 0.5) is 0 Å². The molecular formula is C15H20BN3O2. The van der Waals surface area contributed by atoms with Crippen molar-refractivity contribution in [3.63, 3.8) is 0 Å². The van der Waals surface area contributed by atoms with Gasteiger partial charge in [0.2, 0.25) is 0 Å². The lowest BCUT2D eigenvalue weighted by molar-refractivity contribution is 0.00578. The van der Waals surface area contributed by atoms with Crippen molar-refractivity contribution >= 4 is 12.6 Å². The fourth-order valence-corrected chi connectivity index (χ4v) is 2.05. The standard InChI is InChI=1S/C15H20BN3O2/c1-11-9-19(10-18-11)13-8-12(6-7-17-13)16-20-14(2,3)15(4,5)21-16/h6-10H,1-5H3/i1D3,9D,10D. The molecular weight excluding hydrogens is 265 g/mol. The van der Waals surface area contributed by atoms with Gasteiger partial charge in [-0.25, -0.2) is 9.97 Å². The summed E-state index contributed by atoms with van der Waals surface area (Å²) >= 11 is 0. The molecule has 1 aliphatic rings. The van der Waals surface area contributed by atoms with E-state index in [0.29, 0.717) is 5.46 Å². The molecule has 1 saturated heterocycles. The lowest BCUT2D eigenvalue weighted by atomic mass is 9.80. The number of aryl methyl sites for hydroxylation is 1. The van der Waals surface area contributed by atoms with E-state index in [4.69, 9.17) is 16.2 Å². The van der Waals surface area contributed by atoms with Gasteiger partial charge in [-0.05, 0) is 52.1 Å². The van der Waals surface area contributed by atoms with E-state index in [2.05, 4.69) is 9.97 Å². The van der Waals surface area contributed by atoms with Gasteiger partial charge in [0.1, 0.15) is 13.5 Å². The van der Waals surface area contributed by atoms with Crippen molar-refractivity contribution in [1.82, 2.24) is 14.5 Å². The Labute approximate surface area is 132 Å². The van der Waals surface area contributed by atoms with Crippen molar-refractivity contribution in [2.24, 2.45) is 0 Å². The Bertz CT molecular complexity index is 834. The maximum absolute atomic E-state index is 8.08. The number of rotatable bonds is 2. The minimum Gasteiger partial charge on any atom is -0.399 e. The summed E-state index contributed by atoms with van der Waals surface area (Å²) in [5, 5.41) is 0. The third kappa shape index (κ3) is 2.49. The zero-order chi connectivity index (χ0) is 19.5. The SMILES string of the molecule is [2H]c1nc(C([2H])([2H])[2H])c([2H])n1-c1cc(B2OC(C)(C)C(C)(C)O2)ccn1. The third-order valence-electron chi connectivity index (χ3n) is 4.00. The van der Waals surface area contributed by atoms with Crippen molar-refractivity contribution in [2.45, 2.75) is 45.7 Å². The van der Waals surface area contributed by atoms with Crippen LogP contribution in [0.2, 0.25) is 0 Å². The summed E-state index contributed by atoms with van der Waals surface area (Å²) in [7, 11) is -0.629. The van der Waals surface area contributed by atoms with Crippen molar-refractivity contribution in [1.29, 1.82) is 0 Å². The summed E-state index contributed by atoms with van der Waals surface area (Å²) in [5.74, 6) is 0.218. The first-order chi connectivity index (χ1) is 11.8. The maximum Gasteiger partial charge on any atom is 0.495 e. The predicted octanol–water partition coefficient (Wildman–Crippen LogP) is 1.87. The molecule has 110 valence electrons. The fraction of sp³-hybridized carbons (Fsp3) is 0.467. The maximum atomic E-state index is 8.08. The monoisotopic (exact) mass is 290 g/mol. The fourth-order valence-electron chi connectivity index (χ4n) is 2.05. The van der Waals surface area contributed by atoms with Crippen molar-refractivity contribution < 1.29 is 16.2 Å². The second-order valence-corrected chi connectivity index (χ2v) is 6.04. The minimum atomic E-state index is -2.57.